The molecule has 0 bridgehead atoms. The molecular weight excluding hydrogens is 569 g/mol. The van der Waals surface area contributed by atoms with E-state index < -0.39 is 43.1 Å². The standard InChI is InChI=1S/C31H64O7Si3/c1-22(23(32)18-19-27(33)34-11)28-25(38-41(16,17)31(8,9)10)20-24(37-40(14,15)30(5,6)7)26(36-28)21-35-39(12,13)29(2,3)4/h18-19,22-26,28,32H,20-21H2,1-17H3/b19-18+/t22-,23-,24-,25+,26-,28?/m1/s1. The maximum absolute atomic E-state index is 11.8. The lowest BCUT2D eigenvalue weighted by Gasteiger charge is -2.51. The van der Waals surface area contributed by atoms with Crippen molar-refractivity contribution in [3.8, 4) is 0 Å². The molecule has 41 heavy (non-hydrogen) atoms. The molecule has 242 valence electrons. The summed E-state index contributed by atoms with van der Waals surface area (Å²) in [7, 11) is -5.08. The van der Waals surface area contributed by atoms with E-state index in [1.54, 1.807) is 0 Å². The summed E-state index contributed by atoms with van der Waals surface area (Å²) in [5, 5.41) is 11.2. The Kier molecular flexibility index (Phi) is 13.0. The van der Waals surface area contributed by atoms with Crippen molar-refractivity contribution in [3.05, 3.63) is 12.2 Å². The van der Waals surface area contributed by atoms with Crippen LogP contribution in [-0.4, -0.2) is 80.3 Å². The highest BCUT2D eigenvalue weighted by atomic mass is 28.4. The van der Waals surface area contributed by atoms with Crippen LogP contribution in [0, 0.1) is 5.92 Å². The molecule has 0 amide bonds. The summed E-state index contributed by atoms with van der Waals surface area (Å²) in [5.41, 5.74) is 0. The van der Waals surface area contributed by atoms with Crippen LogP contribution in [0.2, 0.25) is 54.4 Å². The number of hydrogen-bond donors (Lipinski definition) is 1. The van der Waals surface area contributed by atoms with Crippen LogP contribution in [0.1, 0.15) is 75.7 Å². The van der Waals surface area contributed by atoms with Gasteiger partial charge in [0.25, 0.3) is 0 Å². The number of methoxy groups -OCH3 is 1. The Morgan fingerprint density at radius 2 is 1.29 bits per heavy atom. The van der Waals surface area contributed by atoms with Crippen LogP contribution in [0.5, 0.6) is 0 Å². The van der Waals surface area contributed by atoms with E-state index >= 15 is 0 Å². The smallest absolute Gasteiger partial charge is 0.330 e. The van der Waals surface area contributed by atoms with Gasteiger partial charge in [0, 0.05) is 18.4 Å². The normalized spacial score (nSPS) is 25.3. The van der Waals surface area contributed by atoms with Gasteiger partial charge in [-0.2, -0.15) is 0 Å². The number of hydrogen-bond acceptors (Lipinski definition) is 7. The van der Waals surface area contributed by atoms with Gasteiger partial charge in [-0.1, -0.05) is 69.2 Å². The van der Waals surface area contributed by atoms with E-state index in [1.165, 1.54) is 19.3 Å². The minimum Gasteiger partial charge on any atom is -0.466 e. The third-order valence-electron chi connectivity index (χ3n) is 10.2. The van der Waals surface area contributed by atoms with Gasteiger partial charge >= 0.3 is 5.97 Å². The first-order chi connectivity index (χ1) is 18.2. The molecule has 1 heterocycles. The molecular formula is C31H64O7Si3. The Morgan fingerprint density at radius 3 is 1.71 bits per heavy atom. The highest BCUT2D eigenvalue weighted by Crippen LogP contribution is 2.44. The average molecular weight is 633 g/mol. The molecule has 0 aromatic rings. The summed E-state index contributed by atoms with van der Waals surface area (Å²) in [4.78, 5) is 11.8. The third kappa shape index (κ3) is 10.4. The van der Waals surface area contributed by atoms with E-state index in [4.69, 9.17) is 22.8 Å². The highest BCUT2D eigenvalue weighted by Gasteiger charge is 2.51. The molecule has 0 aliphatic carbocycles. The zero-order chi connectivity index (χ0) is 32.4. The van der Waals surface area contributed by atoms with E-state index in [0.717, 1.165) is 0 Å². The molecule has 1 aliphatic rings. The minimum atomic E-state index is -2.20. The van der Waals surface area contributed by atoms with Crippen LogP contribution in [-0.2, 0) is 27.5 Å². The average Bonchev–Trinajstić information content (AvgIpc) is 2.78. The van der Waals surface area contributed by atoms with Crippen LogP contribution in [0.4, 0.5) is 0 Å². The minimum absolute atomic E-state index is 0.00225. The van der Waals surface area contributed by atoms with Crippen molar-refractivity contribution in [2.24, 2.45) is 5.92 Å². The number of aliphatic hydroxyl groups excluding tert-OH is 1. The first kappa shape index (κ1) is 38.7. The van der Waals surface area contributed by atoms with Gasteiger partial charge in [0.05, 0.1) is 38.1 Å². The number of esters is 1. The molecule has 6 atom stereocenters. The van der Waals surface area contributed by atoms with Crippen molar-refractivity contribution in [2.45, 2.75) is 161 Å². The monoisotopic (exact) mass is 632 g/mol. The first-order valence-corrected chi connectivity index (χ1v) is 24.0. The molecule has 0 radical (unpaired) electrons. The zero-order valence-corrected chi connectivity index (χ0v) is 32.4. The molecule has 0 saturated carbocycles. The quantitative estimate of drug-likeness (QED) is 0.142. The van der Waals surface area contributed by atoms with Gasteiger partial charge in [0.2, 0.25) is 0 Å². The Bertz CT molecular complexity index is 882. The SMILES string of the molecule is COC(=O)/C=C/[C@@H](O)[C@@H](C)C1O[C@H](CO[Si](C)(C)C(C)(C)C)[C@H](O[Si](C)(C)C(C)(C)C)C[C@@H]1O[Si](C)(C)C(C)(C)C. The maximum atomic E-state index is 11.8. The van der Waals surface area contributed by atoms with Gasteiger partial charge in [-0.15, -0.1) is 0 Å². The van der Waals surface area contributed by atoms with Gasteiger partial charge in [-0.3, -0.25) is 0 Å². The van der Waals surface area contributed by atoms with Crippen molar-refractivity contribution in [2.75, 3.05) is 13.7 Å². The molecule has 0 aromatic carbocycles. The van der Waals surface area contributed by atoms with E-state index in [1.807, 2.05) is 6.92 Å². The van der Waals surface area contributed by atoms with E-state index in [0.29, 0.717) is 13.0 Å². The Labute approximate surface area is 255 Å². The fourth-order valence-corrected chi connectivity index (χ4v) is 7.69. The predicted molar refractivity (Wildman–Crippen MR) is 177 cm³/mol. The summed E-state index contributed by atoms with van der Waals surface area (Å²) < 4.78 is 32.5. The van der Waals surface area contributed by atoms with Crippen molar-refractivity contribution in [1.82, 2.24) is 0 Å². The van der Waals surface area contributed by atoms with Crippen LogP contribution >= 0.6 is 0 Å². The second-order valence-corrected chi connectivity index (χ2v) is 30.8. The molecule has 10 heteroatoms. The zero-order valence-electron chi connectivity index (χ0n) is 29.4. The molecule has 1 saturated heterocycles. The van der Waals surface area contributed by atoms with Gasteiger partial charge in [0.1, 0.15) is 6.10 Å². The first-order valence-electron chi connectivity index (χ1n) is 15.3. The number of aliphatic hydroxyl groups is 1. The van der Waals surface area contributed by atoms with E-state index in [-0.39, 0.29) is 39.3 Å². The molecule has 1 N–H and O–H groups in total. The van der Waals surface area contributed by atoms with Crippen LogP contribution in [0.3, 0.4) is 0 Å². The lowest BCUT2D eigenvalue weighted by molar-refractivity contribution is -0.192. The number of rotatable bonds is 11. The van der Waals surface area contributed by atoms with E-state index in [2.05, 4.69) is 102 Å². The third-order valence-corrected chi connectivity index (χ3v) is 23.7. The lowest BCUT2D eigenvalue weighted by atomic mass is 9.87. The van der Waals surface area contributed by atoms with Crippen LogP contribution < -0.4 is 0 Å². The Morgan fingerprint density at radius 1 is 0.854 bits per heavy atom. The van der Waals surface area contributed by atoms with Gasteiger partial charge in [0.15, 0.2) is 25.0 Å². The number of ether oxygens (including phenoxy) is 2. The van der Waals surface area contributed by atoms with Gasteiger partial charge < -0.3 is 27.9 Å². The highest BCUT2D eigenvalue weighted by molar-refractivity contribution is 6.75. The van der Waals surface area contributed by atoms with Crippen LogP contribution in [0.15, 0.2) is 12.2 Å². The molecule has 1 aliphatic heterocycles. The lowest BCUT2D eigenvalue weighted by Crippen LogP contribution is -2.60. The Hall–Kier alpha value is -0.339. The van der Waals surface area contributed by atoms with Crippen molar-refractivity contribution < 1.29 is 32.7 Å². The van der Waals surface area contributed by atoms with Crippen molar-refractivity contribution >= 4 is 30.9 Å². The fourth-order valence-electron chi connectivity index (χ4n) is 3.97. The van der Waals surface area contributed by atoms with Crippen molar-refractivity contribution in [1.29, 1.82) is 0 Å². The molecule has 1 fully saturated rings. The predicted octanol–water partition coefficient (Wildman–Crippen LogP) is 7.67. The topological polar surface area (TPSA) is 83.5 Å². The largest absolute Gasteiger partial charge is 0.466 e. The van der Waals surface area contributed by atoms with E-state index in [9.17, 15) is 9.90 Å². The maximum Gasteiger partial charge on any atom is 0.330 e. The molecule has 0 spiro atoms. The summed E-state index contributed by atoms with van der Waals surface area (Å²) in [6.45, 7) is 36.1. The van der Waals surface area contributed by atoms with Crippen molar-refractivity contribution in [3.63, 3.8) is 0 Å². The summed E-state index contributed by atoms with van der Waals surface area (Å²) >= 11 is 0. The second-order valence-electron chi connectivity index (χ2n) is 16.5. The molecule has 7 nitrogen and oxygen atoms in total. The second kappa shape index (κ2) is 13.7. The molecule has 1 rings (SSSR count). The summed E-state index contributed by atoms with van der Waals surface area (Å²) in [6.07, 6.45) is 1.33. The molecule has 1 unspecified atom stereocenters. The van der Waals surface area contributed by atoms with Gasteiger partial charge in [-0.05, 0) is 60.5 Å². The fraction of sp³-hybridized carbons (Fsp3) is 0.903. The Balaban J connectivity index is 3.55. The summed E-state index contributed by atoms with van der Waals surface area (Å²) in [6, 6.07) is 0. The van der Waals surface area contributed by atoms with Gasteiger partial charge in [-0.25, -0.2) is 4.79 Å². The number of carbonyl (C=O) groups is 1. The van der Waals surface area contributed by atoms with Crippen LogP contribution in [0.25, 0.3) is 0 Å². The number of carbonyl (C=O) groups excluding carboxylic acids is 1. The molecule has 0 aromatic heterocycles. The summed E-state index contributed by atoms with van der Waals surface area (Å²) in [5.74, 6) is -0.840.